The Balaban J connectivity index is 1.85. The van der Waals surface area contributed by atoms with Crippen LogP contribution in [-0.2, 0) is 6.42 Å². The van der Waals surface area contributed by atoms with Gasteiger partial charge in [-0.25, -0.2) is 4.98 Å². The van der Waals surface area contributed by atoms with E-state index in [1.54, 1.807) is 0 Å². The predicted molar refractivity (Wildman–Crippen MR) is 80.2 cm³/mol. The molecule has 3 rings (SSSR count). The van der Waals surface area contributed by atoms with Gasteiger partial charge in [-0.1, -0.05) is 30.7 Å². The Kier molecular flexibility index (Phi) is 3.92. The highest BCUT2D eigenvalue weighted by Crippen LogP contribution is 2.33. The number of H-pyrrole nitrogens is 1. The minimum Gasteiger partial charge on any atom is -0.329 e. The number of halogens is 1. The quantitative estimate of drug-likeness (QED) is 0.948. The van der Waals surface area contributed by atoms with E-state index in [0.29, 0.717) is 5.02 Å². The number of nitrogens with zero attached hydrogens (tertiary/aromatic N) is 3. The number of hydrogen-bond acceptors (Lipinski definition) is 3. The van der Waals surface area contributed by atoms with Crippen LogP contribution in [0.3, 0.4) is 0 Å². The molecule has 0 saturated carbocycles. The van der Waals surface area contributed by atoms with Crippen LogP contribution in [0, 0.1) is 0 Å². The Morgan fingerprint density at radius 1 is 1.52 bits per heavy atom. The van der Waals surface area contributed by atoms with Gasteiger partial charge in [0, 0.05) is 18.0 Å². The molecule has 1 fully saturated rings. The predicted octanol–water partition coefficient (Wildman–Crippen LogP) is 3.00. The molecule has 1 aliphatic rings. The monoisotopic (exact) mass is 304 g/mol. The van der Waals surface area contributed by atoms with Crippen molar-refractivity contribution in [3.05, 3.63) is 46.5 Å². The van der Waals surface area contributed by atoms with Crippen LogP contribution in [0.5, 0.6) is 0 Å². The van der Waals surface area contributed by atoms with Crippen molar-refractivity contribution in [2.75, 3.05) is 6.54 Å². The summed E-state index contributed by atoms with van der Waals surface area (Å²) in [5.41, 5.74) is 1.07. The summed E-state index contributed by atoms with van der Waals surface area (Å²) >= 11 is 6.06. The van der Waals surface area contributed by atoms with Crippen molar-refractivity contribution in [3.63, 3.8) is 0 Å². The van der Waals surface area contributed by atoms with E-state index in [1.807, 2.05) is 36.1 Å². The number of likely N-dealkylation sites (tertiary alicyclic amines) is 1. The average Bonchev–Trinajstić information content (AvgIpc) is 3.15. The highest BCUT2D eigenvalue weighted by atomic mass is 35.5. The van der Waals surface area contributed by atoms with Gasteiger partial charge < -0.3 is 4.90 Å². The van der Waals surface area contributed by atoms with E-state index in [2.05, 4.69) is 15.2 Å². The van der Waals surface area contributed by atoms with Crippen LogP contribution < -0.4 is 0 Å². The fourth-order valence-electron chi connectivity index (χ4n) is 2.75. The zero-order valence-corrected chi connectivity index (χ0v) is 12.6. The molecule has 1 unspecified atom stereocenters. The maximum Gasteiger partial charge on any atom is 0.294 e. The standard InChI is InChI=1S/C15H17ClN4O/c1-2-13-17-14(19-18-13)15(21)20-8-4-7-12(20)10-5-3-6-11(16)9-10/h3,5-6,9,12H,2,4,7-8H2,1H3,(H,17,18,19). The summed E-state index contributed by atoms with van der Waals surface area (Å²) in [5.74, 6) is 0.867. The summed E-state index contributed by atoms with van der Waals surface area (Å²) in [6, 6.07) is 7.75. The van der Waals surface area contributed by atoms with E-state index in [4.69, 9.17) is 11.6 Å². The lowest BCUT2D eigenvalue weighted by Gasteiger charge is -2.24. The van der Waals surface area contributed by atoms with Gasteiger partial charge in [-0.3, -0.25) is 9.89 Å². The molecule has 1 N–H and O–H groups in total. The number of aromatic amines is 1. The lowest BCUT2D eigenvalue weighted by atomic mass is 10.0. The minimum atomic E-state index is -0.117. The Hall–Kier alpha value is -1.88. The summed E-state index contributed by atoms with van der Waals surface area (Å²) in [5, 5.41) is 7.51. The third-order valence-corrected chi connectivity index (χ3v) is 4.04. The van der Waals surface area contributed by atoms with Crippen LogP contribution in [0.2, 0.25) is 5.02 Å². The van der Waals surface area contributed by atoms with Gasteiger partial charge in [0.25, 0.3) is 5.91 Å². The van der Waals surface area contributed by atoms with Crippen LogP contribution >= 0.6 is 11.6 Å². The van der Waals surface area contributed by atoms with E-state index in [0.717, 1.165) is 37.2 Å². The topological polar surface area (TPSA) is 61.9 Å². The van der Waals surface area contributed by atoms with Crippen molar-refractivity contribution in [3.8, 4) is 0 Å². The molecule has 1 aliphatic heterocycles. The first kappa shape index (κ1) is 14.1. The summed E-state index contributed by atoms with van der Waals surface area (Å²) in [6.45, 7) is 2.70. The number of nitrogens with one attached hydrogen (secondary N) is 1. The first-order valence-corrected chi connectivity index (χ1v) is 7.54. The highest BCUT2D eigenvalue weighted by Gasteiger charge is 2.32. The molecule has 1 saturated heterocycles. The average molecular weight is 305 g/mol. The SMILES string of the molecule is CCc1nc(C(=O)N2CCCC2c2cccc(Cl)c2)n[nH]1. The highest BCUT2D eigenvalue weighted by molar-refractivity contribution is 6.30. The number of hydrogen-bond donors (Lipinski definition) is 1. The Labute approximate surface area is 128 Å². The van der Waals surface area contributed by atoms with Crippen molar-refractivity contribution < 1.29 is 4.79 Å². The molecule has 1 aromatic carbocycles. The van der Waals surface area contributed by atoms with Gasteiger partial charge >= 0.3 is 0 Å². The maximum atomic E-state index is 12.6. The summed E-state index contributed by atoms with van der Waals surface area (Å²) in [7, 11) is 0. The Morgan fingerprint density at radius 2 is 2.38 bits per heavy atom. The van der Waals surface area contributed by atoms with Gasteiger partial charge in [0.2, 0.25) is 5.82 Å². The van der Waals surface area contributed by atoms with Crippen molar-refractivity contribution in [1.82, 2.24) is 20.1 Å². The number of rotatable bonds is 3. The van der Waals surface area contributed by atoms with E-state index in [-0.39, 0.29) is 17.8 Å². The van der Waals surface area contributed by atoms with Crippen molar-refractivity contribution in [2.45, 2.75) is 32.2 Å². The molecule has 0 bridgehead atoms. The lowest BCUT2D eigenvalue weighted by Crippen LogP contribution is -2.31. The number of carbonyl (C=O) groups is 1. The smallest absolute Gasteiger partial charge is 0.294 e. The van der Waals surface area contributed by atoms with Crippen LogP contribution in [0.15, 0.2) is 24.3 Å². The first-order valence-electron chi connectivity index (χ1n) is 7.16. The summed E-state index contributed by atoms with van der Waals surface area (Å²) in [6.07, 6.45) is 2.66. The van der Waals surface area contributed by atoms with Gasteiger partial charge in [0.1, 0.15) is 5.82 Å². The maximum absolute atomic E-state index is 12.6. The molecule has 2 aromatic rings. The normalized spacial score (nSPS) is 18.2. The van der Waals surface area contributed by atoms with E-state index < -0.39 is 0 Å². The van der Waals surface area contributed by atoms with Gasteiger partial charge in [0.05, 0.1) is 6.04 Å². The zero-order chi connectivity index (χ0) is 14.8. The number of aryl methyl sites for hydroxylation is 1. The molecule has 21 heavy (non-hydrogen) atoms. The van der Waals surface area contributed by atoms with Gasteiger partial charge in [-0.15, -0.1) is 5.10 Å². The van der Waals surface area contributed by atoms with E-state index >= 15 is 0 Å². The molecule has 0 spiro atoms. The molecule has 110 valence electrons. The first-order chi connectivity index (χ1) is 10.2. The third kappa shape index (κ3) is 2.78. The van der Waals surface area contributed by atoms with E-state index in [1.165, 1.54) is 0 Å². The molecule has 0 radical (unpaired) electrons. The zero-order valence-electron chi connectivity index (χ0n) is 11.8. The second kappa shape index (κ2) is 5.85. The molecule has 1 atom stereocenters. The fraction of sp³-hybridized carbons (Fsp3) is 0.400. The van der Waals surface area contributed by atoms with Crippen LogP contribution in [0.25, 0.3) is 0 Å². The molecule has 1 aromatic heterocycles. The minimum absolute atomic E-state index is 0.0553. The van der Waals surface area contributed by atoms with Gasteiger partial charge in [-0.2, -0.15) is 0 Å². The Morgan fingerprint density at radius 3 is 3.10 bits per heavy atom. The van der Waals surface area contributed by atoms with Crippen molar-refractivity contribution in [2.24, 2.45) is 0 Å². The molecular formula is C15H17ClN4O. The molecule has 0 aliphatic carbocycles. The lowest BCUT2D eigenvalue weighted by molar-refractivity contribution is 0.0723. The molecule has 6 heteroatoms. The van der Waals surface area contributed by atoms with Crippen molar-refractivity contribution >= 4 is 17.5 Å². The van der Waals surface area contributed by atoms with E-state index in [9.17, 15) is 4.79 Å². The summed E-state index contributed by atoms with van der Waals surface area (Å²) in [4.78, 5) is 18.7. The van der Waals surface area contributed by atoms with Gasteiger partial charge in [-0.05, 0) is 30.5 Å². The molecule has 5 nitrogen and oxygen atoms in total. The van der Waals surface area contributed by atoms with Crippen LogP contribution in [0.1, 0.15) is 47.8 Å². The number of carbonyl (C=O) groups excluding carboxylic acids is 1. The molecule has 1 amide bonds. The Bertz CT molecular complexity index is 655. The molecular weight excluding hydrogens is 288 g/mol. The number of amides is 1. The second-order valence-electron chi connectivity index (χ2n) is 5.17. The van der Waals surface area contributed by atoms with Crippen LogP contribution in [-0.4, -0.2) is 32.5 Å². The fourth-order valence-corrected chi connectivity index (χ4v) is 2.95. The second-order valence-corrected chi connectivity index (χ2v) is 5.61. The number of aromatic nitrogens is 3. The van der Waals surface area contributed by atoms with Crippen LogP contribution in [0.4, 0.5) is 0 Å². The number of benzene rings is 1. The third-order valence-electron chi connectivity index (χ3n) is 3.81. The summed E-state index contributed by atoms with van der Waals surface area (Å²) < 4.78 is 0. The largest absolute Gasteiger partial charge is 0.329 e. The van der Waals surface area contributed by atoms with Crippen molar-refractivity contribution in [1.29, 1.82) is 0 Å². The molecule has 2 heterocycles. The van der Waals surface area contributed by atoms with Gasteiger partial charge in [0.15, 0.2) is 0 Å².